The lowest BCUT2D eigenvalue weighted by Crippen LogP contribution is -2.49. The van der Waals surface area contributed by atoms with Gasteiger partial charge in [0.05, 0.1) is 0 Å². The number of piperazine rings is 1. The summed E-state index contributed by atoms with van der Waals surface area (Å²) in [4.78, 5) is 5.04. The monoisotopic (exact) mass is 247 g/mol. The molecule has 0 amide bonds. The van der Waals surface area contributed by atoms with Crippen molar-refractivity contribution in [2.45, 2.75) is 33.2 Å². The topological polar surface area (TPSA) is 32.5 Å². The molecule has 1 unspecified atom stereocenters. The fourth-order valence-corrected chi connectivity index (χ4v) is 2.63. The van der Waals surface area contributed by atoms with Gasteiger partial charge in [0.1, 0.15) is 0 Å². The minimum Gasteiger partial charge on any atom is -0.399 e. The molecule has 1 heterocycles. The van der Waals surface area contributed by atoms with Gasteiger partial charge in [-0.1, -0.05) is 13.0 Å². The van der Waals surface area contributed by atoms with Crippen LogP contribution in [0.3, 0.4) is 0 Å². The van der Waals surface area contributed by atoms with Gasteiger partial charge in [0, 0.05) is 43.6 Å². The summed E-state index contributed by atoms with van der Waals surface area (Å²) in [7, 11) is 0. The van der Waals surface area contributed by atoms with E-state index in [0.29, 0.717) is 6.04 Å². The van der Waals surface area contributed by atoms with E-state index < -0.39 is 0 Å². The highest BCUT2D eigenvalue weighted by Crippen LogP contribution is 2.24. The Morgan fingerprint density at radius 2 is 1.89 bits per heavy atom. The van der Waals surface area contributed by atoms with Crippen LogP contribution in [0.15, 0.2) is 18.2 Å². The highest BCUT2D eigenvalue weighted by atomic mass is 15.3. The van der Waals surface area contributed by atoms with E-state index >= 15 is 0 Å². The summed E-state index contributed by atoms with van der Waals surface area (Å²) in [5, 5.41) is 0. The van der Waals surface area contributed by atoms with Gasteiger partial charge in [-0.05, 0) is 38.0 Å². The number of nitrogens with two attached hydrogens (primary N) is 1. The van der Waals surface area contributed by atoms with Gasteiger partial charge in [0.25, 0.3) is 0 Å². The molecule has 1 atom stereocenters. The molecule has 1 aliphatic heterocycles. The van der Waals surface area contributed by atoms with Crippen molar-refractivity contribution >= 4 is 11.4 Å². The summed E-state index contributed by atoms with van der Waals surface area (Å²) < 4.78 is 0. The molecule has 1 aromatic carbocycles. The van der Waals surface area contributed by atoms with Crippen LogP contribution in [0.1, 0.15) is 25.8 Å². The van der Waals surface area contributed by atoms with Gasteiger partial charge in [0.15, 0.2) is 0 Å². The molecule has 2 N–H and O–H groups in total. The molecule has 3 nitrogen and oxygen atoms in total. The molecule has 1 saturated heterocycles. The van der Waals surface area contributed by atoms with Gasteiger partial charge >= 0.3 is 0 Å². The Hall–Kier alpha value is -1.22. The van der Waals surface area contributed by atoms with E-state index in [2.05, 4.69) is 42.7 Å². The van der Waals surface area contributed by atoms with E-state index in [-0.39, 0.29) is 0 Å². The van der Waals surface area contributed by atoms with Crippen LogP contribution in [-0.2, 0) is 0 Å². The van der Waals surface area contributed by atoms with Crippen molar-refractivity contribution < 1.29 is 0 Å². The van der Waals surface area contributed by atoms with Crippen molar-refractivity contribution in [3.05, 3.63) is 23.8 Å². The second kappa shape index (κ2) is 5.61. The number of hydrogen-bond donors (Lipinski definition) is 1. The second-order valence-electron chi connectivity index (χ2n) is 5.33. The molecule has 1 aromatic rings. The Labute approximate surface area is 111 Å². The van der Waals surface area contributed by atoms with E-state index in [1.807, 2.05) is 6.07 Å². The highest BCUT2D eigenvalue weighted by Gasteiger charge is 2.21. The quantitative estimate of drug-likeness (QED) is 0.833. The Bertz CT molecular complexity index is 395. The van der Waals surface area contributed by atoms with Crippen LogP contribution in [0.2, 0.25) is 0 Å². The first-order valence-electron chi connectivity index (χ1n) is 6.97. The summed E-state index contributed by atoms with van der Waals surface area (Å²) in [5.74, 6) is 0. The number of hydrogen-bond acceptors (Lipinski definition) is 3. The van der Waals surface area contributed by atoms with Crippen LogP contribution >= 0.6 is 0 Å². The number of nitrogen functional groups attached to an aromatic ring is 1. The SMILES string of the molecule is CCC(C)N1CCN(c2cc(N)ccc2C)CC1. The van der Waals surface area contributed by atoms with Crippen LogP contribution in [0, 0.1) is 6.92 Å². The molecular formula is C15H25N3. The lowest BCUT2D eigenvalue weighted by Gasteiger charge is -2.39. The van der Waals surface area contributed by atoms with E-state index in [1.165, 1.54) is 17.7 Å². The average Bonchev–Trinajstić information content (AvgIpc) is 2.41. The van der Waals surface area contributed by atoms with Crippen LogP contribution < -0.4 is 10.6 Å². The molecule has 100 valence electrons. The Morgan fingerprint density at radius 1 is 1.22 bits per heavy atom. The minimum absolute atomic E-state index is 0.703. The van der Waals surface area contributed by atoms with Gasteiger partial charge in [-0.2, -0.15) is 0 Å². The Kier molecular flexibility index (Phi) is 4.12. The van der Waals surface area contributed by atoms with Crippen molar-refractivity contribution in [3.63, 3.8) is 0 Å². The van der Waals surface area contributed by atoms with Crippen molar-refractivity contribution in [3.8, 4) is 0 Å². The van der Waals surface area contributed by atoms with Crippen molar-refractivity contribution in [1.82, 2.24) is 4.90 Å². The standard InChI is InChI=1S/C15H25N3/c1-4-13(3)17-7-9-18(10-8-17)15-11-14(16)6-5-12(15)2/h5-6,11,13H,4,7-10,16H2,1-3H3. The van der Waals surface area contributed by atoms with E-state index in [4.69, 9.17) is 5.73 Å². The fourth-order valence-electron chi connectivity index (χ4n) is 2.63. The molecule has 2 rings (SSSR count). The molecule has 0 bridgehead atoms. The molecule has 1 fully saturated rings. The van der Waals surface area contributed by atoms with E-state index in [9.17, 15) is 0 Å². The summed E-state index contributed by atoms with van der Waals surface area (Å²) in [6, 6.07) is 6.91. The number of anilines is 2. The number of nitrogens with zero attached hydrogens (tertiary/aromatic N) is 2. The normalized spacial score (nSPS) is 18.9. The van der Waals surface area contributed by atoms with Crippen LogP contribution in [0.25, 0.3) is 0 Å². The smallest absolute Gasteiger partial charge is 0.0417 e. The fraction of sp³-hybridized carbons (Fsp3) is 0.600. The van der Waals surface area contributed by atoms with Crippen molar-refractivity contribution in [1.29, 1.82) is 0 Å². The zero-order valence-corrected chi connectivity index (χ0v) is 11.8. The molecule has 18 heavy (non-hydrogen) atoms. The molecule has 1 aliphatic rings. The third-order valence-corrected chi connectivity index (χ3v) is 4.10. The zero-order chi connectivity index (χ0) is 13.1. The summed E-state index contributed by atoms with van der Waals surface area (Å²) in [5.41, 5.74) is 9.38. The first-order chi connectivity index (χ1) is 8.61. The zero-order valence-electron chi connectivity index (χ0n) is 11.8. The third-order valence-electron chi connectivity index (χ3n) is 4.10. The first kappa shape index (κ1) is 13.2. The maximum atomic E-state index is 5.89. The van der Waals surface area contributed by atoms with Gasteiger partial charge < -0.3 is 10.6 Å². The lowest BCUT2D eigenvalue weighted by molar-refractivity contribution is 0.193. The maximum Gasteiger partial charge on any atom is 0.0417 e. The molecule has 0 spiro atoms. The number of benzene rings is 1. The average molecular weight is 247 g/mol. The lowest BCUT2D eigenvalue weighted by atomic mass is 10.1. The highest BCUT2D eigenvalue weighted by molar-refractivity contribution is 5.61. The predicted octanol–water partition coefficient (Wildman–Crippen LogP) is 2.50. The Balaban J connectivity index is 2.03. The predicted molar refractivity (Wildman–Crippen MR) is 79.1 cm³/mol. The molecule has 0 saturated carbocycles. The summed E-state index contributed by atoms with van der Waals surface area (Å²) in [6.07, 6.45) is 1.23. The van der Waals surface area contributed by atoms with Crippen molar-refractivity contribution in [2.24, 2.45) is 0 Å². The summed E-state index contributed by atoms with van der Waals surface area (Å²) in [6.45, 7) is 11.3. The molecule has 0 radical (unpaired) electrons. The van der Waals surface area contributed by atoms with Gasteiger partial charge in [0.2, 0.25) is 0 Å². The number of rotatable bonds is 3. The van der Waals surface area contributed by atoms with E-state index in [0.717, 1.165) is 31.9 Å². The van der Waals surface area contributed by atoms with Gasteiger partial charge in [-0.3, -0.25) is 4.90 Å². The summed E-state index contributed by atoms with van der Waals surface area (Å²) >= 11 is 0. The largest absolute Gasteiger partial charge is 0.399 e. The Morgan fingerprint density at radius 3 is 2.50 bits per heavy atom. The van der Waals surface area contributed by atoms with Crippen molar-refractivity contribution in [2.75, 3.05) is 36.8 Å². The van der Waals surface area contributed by atoms with Gasteiger partial charge in [-0.15, -0.1) is 0 Å². The van der Waals surface area contributed by atoms with Crippen LogP contribution in [-0.4, -0.2) is 37.1 Å². The second-order valence-corrected chi connectivity index (χ2v) is 5.33. The van der Waals surface area contributed by atoms with Gasteiger partial charge in [-0.25, -0.2) is 0 Å². The first-order valence-corrected chi connectivity index (χ1v) is 6.97. The molecular weight excluding hydrogens is 222 g/mol. The molecule has 0 aliphatic carbocycles. The van der Waals surface area contributed by atoms with Crippen LogP contribution in [0.5, 0.6) is 0 Å². The number of aryl methyl sites for hydroxylation is 1. The maximum absolute atomic E-state index is 5.89. The molecule has 3 heteroatoms. The minimum atomic E-state index is 0.703. The van der Waals surface area contributed by atoms with E-state index in [1.54, 1.807) is 0 Å². The third kappa shape index (κ3) is 2.78. The molecule has 0 aromatic heterocycles. The van der Waals surface area contributed by atoms with Crippen LogP contribution in [0.4, 0.5) is 11.4 Å².